The maximum atomic E-state index is 12.9. The van der Waals surface area contributed by atoms with Gasteiger partial charge in [-0.3, -0.25) is 4.90 Å². The molecule has 0 atom stereocenters. The summed E-state index contributed by atoms with van der Waals surface area (Å²) in [4.78, 5) is 16.5. The number of hydrogen-bond donors (Lipinski definition) is 1. The lowest BCUT2D eigenvalue weighted by Gasteiger charge is -2.36. The number of H-pyrrole nitrogens is 1. The second kappa shape index (κ2) is 10.8. The molecule has 1 N–H and O–H groups in total. The van der Waals surface area contributed by atoms with Crippen molar-refractivity contribution in [2.75, 3.05) is 37.6 Å². The molecular weight excluding hydrogens is 497 g/mol. The quantitative estimate of drug-likeness (QED) is 0.312. The molecule has 1 saturated heterocycles. The zero-order chi connectivity index (χ0) is 25.8. The van der Waals surface area contributed by atoms with Gasteiger partial charge in [0.25, 0.3) is 0 Å². The Bertz CT molecular complexity index is 1400. The first-order valence-electron chi connectivity index (χ1n) is 12.0. The second-order valence-corrected chi connectivity index (χ2v) is 9.98. The van der Waals surface area contributed by atoms with Crippen LogP contribution in [-0.2, 0) is 12.6 Å². The van der Waals surface area contributed by atoms with E-state index in [2.05, 4.69) is 30.8 Å². The molecule has 6 nitrogen and oxygen atoms in total. The molecule has 1 fully saturated rings. The number of fused-ring (bicyclic) bond motifs is 1. The summed E-state index contributed by atoms with van der Waals surface area (Å²) in [6, 6.07) is 16.6. The SMILES string of the molecule is N#Cc1ccc2[nH]cc(CCCN3CCN(c4ccc(Sc5nccc(C(F)(F)F)n5)cc4)CC3)c2c1. The van der Waals surface area contributed by atoms with Crippen LogP contribution in [-0.4, -0.2) is 52.6 Å². The molecule has 2 aromatic carbocycles. The first-order chi connectivity index (χ1) is 17.9. The summed E-state index contributed by atoms with van der Waals surface area (Å²) >= 11 is 1.12. The molecule has 0 saturated carbocycles. The number of aromatic nitrogens is 3. The summed E-state index contributed by atoms with van der Waals surface area (Å²) in [6.45, 7) is 4.80. The molecule has 4 aromatic rings. The van der Waals surface area contributed by atoms with E-state index in [0.29, 0.717) is 5.56 Å². The molecular formula is C27H25F3N6S. The van der Waals surface area contributed by atoms with Gasteiger partial charge in [-0.1, -0.05) is 0 Å². The predicted molar refractivity (Wildman–Crippen MR) is 138 cm³/mol. The van der Waals surface area contributed by atoms with Gasteiger partial charge in [-0.25, -0.2) is 9.97 Å². The van der Waals surface area contributed by atoms with Gasteiger partial charge in [0, 0.05) is 60.1 Å². The number of piperazine rings is 1. The number of halogens is 3. The summed E-state index contributed by atoms with van der Waals surface area (Å²) in [5.74, 6) is 0. The van der Waals surface area contributed by atoms with Crippen LogP contribution < -0.4 is 4.90 Å². The Morgan fingerprint density at radius 3 is 2.54 bits per heavy atom. The van der Waals surface area contributed by atoms with Gasteiger partial charge < -0.3 is 9.88 Å². The minimum absolute atomic E-state index is 0.0781. The molecule has 190 valence electrons. The van der Waals surface area contributed by atoms with Crippen molar-refractivity contribution < 1.29 is 13.2 Å². The largest absolute Gasteiger partial charge is 0.433 e. The van der Waals surface area contributed by atoms with Crippen molar-refractivity contribution in [1.82, 2.24) is 19.9 Å². The Morgan fingerprint density at radius 2 is 1.81 bits per heavy atom. The molecule has 37 heavy (non-hydrogen) atoms. The van der Waals surface area contributed by atoms with Crippen molar-refractivity contribution in [3.63, 3.8) is 0 Å². The van der Waals surface area contributed by atoms with Gasteiger partial charge >= 0.3 is 6.18 Å². The standard InChI is InChI=1S/C27H25F3N6S/c28-27(29,30)25-9-10-32-26(34-25)37-22-6-4-21(5-7-22)36-14-12-35(13-15-36)11-1-2-20-18-33-24-8-3-19(17-31)16-23(20)24/h3-10,16,18,33H,1-2,11-15H2. The number of anilines is 1. The van der Waals surface area contributed by atoms with Gasteiger partial charge in [-0.05, 0) is 85.2 Å². The van der Waals surface area contributed by atoms with E-state index in [1.165, 1.54) is 5.56 Å². The van der Waals surface area contributed by atoms with Gasteiger partial charge in [-0.15, -0.1) is 0 Å². The maximum absolute atomic E-state index is 12.9. The number of aryl methyl sites for hydroxylation is 1. The van der Waals surface area contributed by atoms with Crippen molar-refractivity contribution in [2.24, 2.45) is 0 Å². The Labute approximate surface area is 217 Å². The molecule has 0 aliphatic carbocycles. The maximum Gasteiger partial charge on any atom is 0.433 e. The third-order valence-corrected chi connectivity index (χ3v) is 7.41. The van der Waals surface area contributed by atoms with E-state index < -0.39 is 11.9 Å². The summed E-state index contributed by atoms with van der Waals surface area (Å²) in [5, 5.41) is 10.4. The highest BCUT2D eigenvalue weighted by Crippen LogP contribution is 2.31. The van der Waals surface area contributed by atoms with Crippen molar-refractivity contribution in [1.29, 1.82) is 5.26 Å². The second-order valence-electron chi connectivity index (χ2n) is 8.94. The van der Waals surface area contributed by atoms with Crippen molar-refractivity contribution in [2.45, 2.75) is 29.1 Å². The molecule has 5 rings (SSSR count). The highest BCUT2D eigenvalue weighted by Gasteiger charge is 2.32. The van der Waals surface area contributed by atoms with E-state index in [4.69, 9.17) is 0 Å². The van der Waals surface area contributed by atoms with Crippen LogP contribution in [0.15, 0.2) is 71.0 Å². The van der Waals surface area contributed by atoms with Gasteiger partial charge in [0.1, 0.15) is 5.69 Å². The van der Waals surface area contributed by atoms with Crippen molar-refractivity contribution in [3.05, 3.63) is 77.7 Å². The van der Waals surface area contributed by atoms with Gasteiger partial charge in [-0.2, -0.15) is 18.4 Å². The van der Waals surface area contributed by atoms with Crippen LogP contribution in [0.4, 0.5) is 18.9 Å². The van der Waals surface area contributed by atoms with E-state index in [-0.39, 0.29) is 5.16 Å². The average molecular weight is 523 g/mol. The Balaban J connectivity index is 1.10. The monoisotopic (exact) mass is 522 g/mol. The van der Waals surface area contributed by atoms with Crippen molar-refractivity contribution >= 4 is 28.4 Å². The van der Waals surface area contributed by atoms with Crippen LogP contribution in [0.1, 0.15) is 23.2 Å². The fourth-order valence-corrected chi connectivity index (χ4v) is 5.30. The zero-order valence-corrected chi connectivity index (χ0v) is 20.8. The lowest BCUT2D eigenvalue weighted by atomic mass is 10.1. The number of benzene rings is 2. The van der Waals surface area contributed by atoms with Crippen LogP contribution in [0.3, 0.4) is 0 Å². The smallest absolute Gasteiger partial charge is 0.369 e. The molecule has 0 amide bonds. The number of hydrogen-bond acceptors (Lipinski definition) is 6. The normalized spacial score (nSPS) is 14.7. The third-order valence-electron chi connectivity index (χ3n) is 6.52. The highest BCUT2D eigenvalue weighted by molar-refractivity contribution is 7.99. The van der Waals surface area contributed by atoms with E-state index in [0.717, 1.165) is 91.1 Å². The molecule has 1 aliphatic rings. The van der Waals surface area contributed by atoms with E-state index >= 15 is 0 Å². The van der Waals surface area contributed by atoms with Gasteiger partial charge in [0.2, 0.25) is 0 Å². The van der Waals surface area contributed by atoms with Crippen LogP contribution in [0.5, 0.6) is 0 Å². The molecule has 0 radical (unpaired) electrons. The first kappa shape index (κ1) is 25.1. The topological polar surface area (TPSA) is 71.8 Å². The summed E-state index contributed by atoms with van der Waals surface area (Å²) in [6.07, 6.45) is 0.710. The minimum atomic E-state index is -4.48. The predicted octanol–water partition coefficient (Wildman–Crippen LogP) is 5.75. The zero-order valence-electron chi connectivity index (χ0n) is 20.0. The van der Waals surface area contributed by atoms with Crippen molar-refractivity contribution in [3.8, 4) is 6.07 Å². The highest BCUT2D eigenvalue weighted by atomic mass is 32.2. The van der Waals surface area contributed by atoms with Crippen LogP contribution in [0.25, 0.3) is 10.9 Å². The fraction of sp³-hybridized carbons (Fsp3) is 0.296. The number of rotatable bonds is 7. The number of nitriles is 1. The van der Waals surface area contributed by atoms with Gasteiger partial charge in [0.05, 0.1) is 11.6 Å². The molecule has 3 heterocycles. The lowest BCUT2D eigenvalue weighted by Crippen LogP contribution is -2.46. The number of aromatic amines is 1. The average Bonchev–Trinajstić information content (AvgIpc) is 3.31. The number of alkyl halides is 3. The molecule has 2 aromatic heterocycles. The summed E-state index contributed by atoms with van der Waals surface area (Å²) in [5.41, 5.74) is 3.16. The summed E-state index contributed by atoms with van der Waals surface area (Å²) < 4.78 is 38.7. The first-order valence-corrected chi connectivity index (χ1v) is 12.9. The van der Waals surface area contributed by atoms with E-state index in [1.54, 1.807) is 0 Å². The minimum Gasteiger partial charge on any atom is -0.369 e. The van der Waals surface area contributed by atoms with Crippen LogP contribution in [0, 0.1) is 11.3 Å². The molecule has 0 unspecified atom stereocenters. The summed E-state index contributed by atoms with van der Waals surface area (Å²) in [7, 11) is 0. The van der Waals surface area contributed by atoms with Crippen LogP contribution in [0.2, 0.25) is 0 Å². The Morgan fingerprint density at radius 1 is 1.03 bits per heavy atom. The fourth-order valence-electron chi connectivity index (χ4n) is 4.56. The molecule has 10 heteroatoms. The van der Waals surface area contributed by atoms with E-state index in [9.17, 15) is 18.4 Å². The van der Waals surface area contributed by atoms with Crippen LogP contribution >= 0.6 is 11.8 Å². The number of nitrogens with one attached hydrogen (secondary N) is 1. The molecule has 0 bridgehead atoms. The van der Waals surface area contributed by atoms with E-state index in [1.807, 2.05) is 48.7 Å². The third kappa shape index (κ3) is 6.06. The molecule has 1 aliphatic heterocycles. The molecule has 0 spiro atoms. The lowest BCUT2D eigenvalue weighted by molar-refractivity contribution is -0.141. The van der Waals surface area contributed by atoms with Gasteiger partial charge in [0.15, 0.2) is 5.16 Å². The Kier molecular flexibility index (Phi) is 7.35. The Hall–Kier alpha value is -3.55. The number of nitrogens with zero attached hydrogens (tertiary/aromatic N) is 5.